The van der Waals surface area contributed by atoms with Gasteiger partial charge in [-0.1, -0.05) is 35.5 Å². The van der Waals surface area contributed by atoms with E-state index in [1.807, 2.05) is 30.3 Å². The molecule has 0 atom stereocenters. The Morgan fingerprint density at radius 2 is 1.86 bits per heavy atom. The van der Waals surface area contributed by atoms with E-state index in [2.05, 4.69) is 10.1 Å². The number of carbonyl (C=O) groups is 2. The van der Waals surface area contributed by atoms with Gasteiger partial charge >= 0.3 is 5.97 Å². The topological polar surface area (TPSA) is 101 Å². The second kappa shape index (κ2) is 8.81. The minimum absolute atomic E-state index is 0.0984. The first kappa shape index (κ1) is 19.1. The van der Waals surface area contributed by atoms with Crippen molar-refractivity contribution in [1.29, 1.82) is 0 Å². The minimum atomic E-state index is -0.614. The summed E-state index contributed by atoms with van der Waals surface area (Å²) in [7, 11) is 1.45. The van der Waals surface area contributed by atoms with Crippen molar-refractivity contribution in [2.45, 2.75) is 13.5 Å². The van der Waals surface area contributed by atoms with Gasteiger partial charge in [0.25, 0.3) is 5.89 Å². The largest absolute Gasteiger partial charge is 0.493 e. The predicted octanol–water partition coefficient (Wildman–Crippen LogP) is 3.07. The Morgan fingerprint density at radius 1 is 1.07 bits per heavy atom. The van der Waals surface area contributed by atoms with Gasteiger partial charge in [0, 0.05) is 11.1 Å². The Bertz CT molecular complexity index is 968. The van der Waals surface area contributed by atoms with Gasteiger partial charge in [-0.3, -0.25) is 4.79 Å². The van der Waals surface area contributed by atoms with Gasteiger partial charge in [0.2, 0.25) is 5.82 Å². The van der Waals surface area contributed by atoms with Crippen molar-refractivity contribution >= 4 is 11.8 Å². The Kier molecular flexibility index (Phi) is 6.01. The molecule has 1 aromatic heterocycles. The van der Waals surface area contributed by atoms with E-state index in [0.717, 1.165) is 5.56 Å². The highest BCUT2D eigenvalue weighted by atomic mass is 16.6. The van der Waals surface area contributed by atoms with Gasteiger partial charge in [-0.05, 0) is 25.1 Å². The predicted molar refractivity (Wildman–Crippen MR) is 98.0 cm³/mol. The Labute approximate surface area is 161 Å². The fourth-order valence-electron chi connectivity index (χ4n) is 2.34. The lowest BCUT2D eigenvalue weighted by Crippen LogP contribution is -2.15. The number of esters is 1. The molecule has 3 rings (SSSR count). The van der Waals surface area contributed by atoms with Crippen LogP contribution in [0.2, 0.25) is 0 Å². The van der Waals surface area contributed by atoms with Crippen LogP contribution in [-0.2, 0) is 16.1 Å². The van der Waals surface area contributed by atoms with Crippen LogP contribution in [0.25, 0.3) is 11.4 Å². The summed E-state index contributed by atoms with van der Waals surface area (Å²) in [5, 5.41) is 3.85. The van der Waals surface area contributed by atoms with Crippen molar-refractivity contribution < 1.29 is 28.3 Å². The summed E-state index contributed by atoms with van der Waals surface area (Å²) in [6, 6.07) is 14.0. The normalized spacial score (nSPS) is 10.4. The summed E-state index contributed by atoms with van der Waals surface area (Å²) in [6.07, 6.45) is 0. The second-order valence-corrected chi connectivity index (χ2v) is 5.75. The monoisotopic (exact) mass is 382 g/mol. The van der Waals surface area contributed by atoms with E-state index in [4.69, 9.17) is 18.7 Å². The first-order valence-electron chi connectivity index (χ1n) is 8.42. The summed E-state index contributed by atoms with van der Waals surface area (Å²) >= 11 is 0. The molecular formula is C20H18N2O6. The standard InChI is InChI=1S/C20H18N2O6/c1-13(23)15-8-9-16(17(10-15)25-2)26-12-19(24)27-11-18-21-20(22-28-18)14-6-4-3-5-7-14/h3-10H,11-12H2,1-2H3. The molecule has 0 aliphatic carbocycles. The van der Waals surface area contributed by atoms with Crippen LogP contribution in [0.1, 0.15) is 23.2 Å². The highest BCUT2D eigenvalue weighted by Crippen LogP contribution is 2.28. The molecule has 0 unspecified atom stereocenters. The summed E-state index contributed by atoms with van der Waals surface area (Å²) in [5.74, 6) is 0.558. The van der Waals surface area contributed by atoms with Gasteiger partial charge in [-0.25, -0.2) is 4.79 Å². The summed E-state index contributed by atoms with van der Waals surface area (Å²) in [6.45, 7) is 0.950. The van der Waals surface area contributed by atoms with E-state index in [1.54, 1.807) is 18.2 Å². The van der Waals surface area contributed by atoms with Crippen molar-refractivity contribution in [3.63, 3.8) is 0 Å². The molecule has 0 fully saturated rings. The third-order valence-corrected chi connectivity index (χ3v) is 3.77. The maximum absolute atomic E-state index is 11.9. The highest BCUT2D eigenvalue weighted by Gasteiger charge is 2.13. The van der Waals surface area contributed by atoms with Crippen LogP contribution in [0.15, 0.2) is 53.1 Å². The van der Waals surface area contributed by atoms with E-state index >= 15 is 0 Å². The molecule has 0 spiro atoms. The number of rotatable bonds is 8. The average Bonchev–Trinajstić information content (AvgIpc) is 3.20. The zero-order chi connectivity index (χ0) is 19.9. The van der Waals surface area contributed by atoms with Crippen LogP contribution < -0.4 is 9.47 Å². The number of hydrogen-bond donors (Lipinski definition) is 0. The molecule has 0 radical (unpaired) electrons. The number of aromatic nitrogens is 2. The zero-order valence-corrected chi connectivity index (χ0v) is 15.4. The summed E-state index contributed by atoms with van der Waals surface area (Å²) < 4.78 is 20.7. The SMILES string of the molecule is COc1cc(C(C)=O)ccc1OCC(=O)OCc1nc(-c2ccccc2)no1. The van der Waals surface area contributed by atoms with Gasteiger partial charge in [0.1, 0.15) is 0 Å². The van der Waals surface area contributed by atoms with Gasteiger partial charge in [-0.15, -0.1) is 0 Å². The van der Waals surface area contributed by atoms with Gasteiger partial charge < -0.3 is 18.7 Å². The average molecular weight is 382 g/mol. The zero-order valence-electron chi connectivity index (χ0n) is 15.4. The lowest BCUT2D eigenvalue weighted by molar-refractivity contribution is -0.148. The maximum Gasteiger partial charge on any atom is 0.344 e. The van der Waals surface area contributed by atoms with Crippen LogP contribution in [0.4, 0.5) is 0 Å². The van der Waals surface area contributed by atoms with Crippen LogP contribution in [0.5, 0.6) is 11.5 Å². The maximum atomic E-state index is 11.9. The summed E-state index contributed by atoms with van der Waals surface area (Å²) in [5.41, 5.74) is 1.28. The quantitative estimate of drug-likeness (QED) is 0.433. The van der Waals surface area contributed by atoms with E-state index in [-0.39, 0.29) is 24.9 Å². The molecule has 0 saturated heterocycles. The van der Waals surface area contributed by atoms with Crippen molar-refractivity contribution in [3.05, 3.63) is 60.0 Å². The van der Waals surface area contributed by atoms with Crippen LogP contribution >= 0.6 is 0 Å². The van der Waals surface area contributed by atoms with Crippen molar-refractivity contribution in [2.75, 3.05) is 13.7 Å². The van der Waals surface area contributed by atoms with Crippen molar-refractivity contribution in [2.24, 2.45) is 0 Å². The summed E-state index contributed by atoms with van der Waals surface area (Å²) in [4.78, 5) is 27.5. The minimum Gasteiger partial charge on any atom is -0.493 e. The fourth-order valence-corrected chi connectivity index (χ4v) is 2.34. The molecule has 2 aromatic carbocycles. The Morgan fingerprint density at radius 3 is 2.57 bits per heavy atom. The molecular weight excluding hydrogens is 364 g/mol. The van der Waals surface area contributed by atoms with Gasteiger partial charge in [-0.2, -0.15) is 4.98 Å². The fraction of sp³-hybridized carbons (Fsp3) is 0.200. The molecule has 3 aromatic rings. The molecule has 1 heterocycles. The highest BCUT2D eigenvalue weighted by molar-refractivity contribution is 5.94. The third kappa shape index (κ3) is 4.73. The lowest BCUT2D eigenvalue weighted by atomic mass is 10.1. The second-order valence-electron chi connectivity index (χ2n) is 5.75. The smallest absolute Gasteiger partial charge is 0.344 e. The lowest BCUT2D eigenvalue weighted by Gasteiger charge is -2.11. The Hall–Kier alpha value is -3.68. The van der Waals surface area contributed by atoms with Crippen LogP contribution in [0, 0.1) is 0 Å². The molecule has 0 N–H and O–H groups in total. The molecule has 0 aliphatic heterocycles. The molecule has 0 bridgehead atoms. The van der Waals surface area contributed by atoms with E-state index < -0.39 is 5.97 Å². The molecule has 28 heavy (non-hydrogen) atoms. The van der Waals surface area contributed by atoms with E-state index in [9.17, 15) is 9.59 Å². The molecule has 8 nitrogen and oxygen atoms in total. The van der Waals surface area contributed by atoms with E-state index in [0.29, 0.717) is 22.9 Å². The number of hydrogen-bond acceptors (Lipinski definition) is 8. The molecule has 0 aliphatic rings. The number of carbonyl (C=O) groups excluding carboxylic acids is 2. The number of methoxy groups -OCH3 is 1. The van der Waals surface area contributed by atoms with Crippen LogP contribution in [-0.4, -0.2) is 35.6 Å². The van der Waals surface area contributed by atoms with Crippen LogP contribution in [0.3, 0.4) is 0 Å². The number of nitrogens with zero attached hydrogens (tertiary/aromatic N) is 2. The molecule has 0 amide bonds. The van der Waals surface area contributed by atoms with Crippen molar-refractivity contribution in [1.82, 2.24) is 10.1 Å². The Balaban J connectivity index is 1.53. The molecule has 0 saturated carbocycles. The van der Waals surface area contributed by atoms with Gasteiger partial charge in [0.15, 0.2) is 30.5 Å². The number of ketones is 1. The number of Topliss-reactive ketones (excluding diaryl/α,β-unsaturated/α-hetero) is 1. The first-order chi connectivity index (χ1) is 13.6. The molecule has 144 valence electrons. The van der Waals surface area contributed by atoms with E-state index in [1.165, 1.54) is 14.0 Å². The first-order valence-corrected chi connectivity index (χ1v) is 8.42. The van der Waals surface area contributed by atoms with Gasteiger partial charge in [0.05, 0.1) is 7.11 Å². The third-order valence-electron chi connectivity index (χ3n) is 3.77. The number of ether oxygens (including phenoxy) is 3. The van der Waals surface area contributed by atoms with Crippen molar-refractivity contribution in [3.8, 4) is 22.9 Å². The molecule has 8 heteroatoms. The number of benzene rings is 2.